The first-order valence-electron chi connectivity index (χ1n) is 7.01. The Bertz CT molecular complexity index is 389. The highest BCUT2D eigenvalue weighted by atomic mass is 16.5. The molecule has 100 valence electrons. The molecule has 2 unspecified atom stereocenters. The average Bonchev–Trinajstić information content (AvgIpc) is 3.16. The zero-order chi connectivity index (χ0) is 12.4. The first-order chi connectivity index (χ1) is 8.86. The van der Waals surface area contributed by atoms with Crippen LogP contribution < -0.4 is 5.73 Å². The van der Waals surface area contributed by atoms with Crippen molar-refractivity contribution in [3.05, 3.63) is 11.7 Å². The maximum Gasteiger partial charge on any atom is 0.252 e. The summed E-state index contributed by atoms with van der Waals surface area (Å²) in [6.07, 6.45) is 7.44. The Balaban J connectivity index is 1.52. The molecule has 0 amide bonds. The van der Waals surface area contributed by atoms with E-state index in [1.54, 1.807) is 0 Å². The molecule has 0 saturated heterocycles. The maximum atomic E-state index is 5.91. The third-order valence-electron chi connectivity index (χ3n) is 3.99. The van der Waals surface area contributed by atoms with E-state index < -0.39 is 0 Å². The summed E-state index contributed by atoms with van der Waals surface area (Å²) in [6.45, 7) is 1.14. The zero-order valence-electron chi connectivity index (χ0n) is 10.7. The summed E-state index contributed by atoms with van der Waals surface area (Å²) in [4.78, 5) is 4.37. The van der Waals surface area contributed by atoms with E-state index in [1.165, 1.54) is 32.1 Å². The quantitative estimate of drug-likeness (QED) is 0.866. The van der Waals surface area contributed by atoms with Gasteiger partial charge < -0.3 is 15.0 Å². The van der Waals surface area contributed by atoms with Crippen molar-refractivity contribution >= 4 is 0 Å². The zero-order valence-corrected chi connectivity index (χ0v) is 10.7. The standard InChI is InChI=1S/C13H21N3O2/c14-7-10-3-1-2-4-11(10)17-8-12-15-13(16-18-12)9-5-6-9/h9-11H,1-8,14H2. The van der Waals surface area contributed by atoms with Crippen molar-refractivity contribution in [2.75, 3.05) is 6.54 Å². The molecule has 2 N–H and O–H groups in total. The van der Waals surface area contributed by atoms with Crippen molar-refractivity contribution in [2.24, 2.45) is 11.7 Å². The lowest BCUT2D eigenvalue weighted by Crippen LogP contribution is -2.33. The van der Waals surface area contributed by atoms with Gasteiger partial charge in [-0.2, -0.15) is 4.98 Å². The second-order valence-electron chi connectivity index (χ2n) is 5.45. The van der Waals surface area contributed by atoms with E-state index in [0.29, 0.717) is 30.9 Å². The van der Waals surface area contributed by atoms with E-state index in [0.717, 1.165) is 12.2 Å². The number of aromatic nitrogens is 2. The molecule has 0 aliphatic heterocycles. The van der Waals surface area contributed by atoms with Gasteiger partial charge in [-0.1, -0.05) is 18.0 Å². The molecule has 0 bridgehead atoms. The van der Waals surface area contributed by atoms with Gasteiger partial charge in [0.1, 0.15) is 6.61 Å². The van der Waals surface area contributed by atoms with Crippen LogP contribution in [-0.2, 0) is 11.3 Å². The fourth-order valence-electron chi connectivity index (χ4n) is 2.68. The first-order valence-corrected chi connectivity index (χ1v) is 7.01. The Morgan fingerprint density at radius 2 is 2.06 bits per heavy atom. The summed E-state index contributed by atoms with van der Waals surface area (Å²) < 4.78 is 11.1. The van der Waals surface area contributed by atoms with Crippen LogP contribution in [0.4, 0.5) is 0 Å². The molecule has 3 rings (SSSR count). The van der Waals surface area contributed by atoms with Gasteiger partial charge in [-0.15, -0.1) is 0 Å². The molecule has 1 aromatic rings. The fraction of sp³-hybridized carbons (Fsp3) is 0.846. The number of hydrogen-bond donors (Lipinski definition) is 1. The SMILES string of the molecule is NCC1CCCCC1OCc1nc(C2CC2)no1. The lowest BCUT2D eigenvalue weighted by Gasteiger charge is -2.30. The molecule has 0 radical (unpaired) electrons. The summed E-state index contributed by atoms with van der Waals surface area (Å²) in [5, 5.41) is 3.99. The van der Waals surface area contributed by atoms with Gasteiger partial charge >= 0.3 is 0 Å². The average molecular weight is 251 g/mol. The third kappa shape index (κ3) is 2.72. The summed E-state index contributed by atoms with van der Waals surface area (Å²) in [5.74, 6) is 2.49. The molecule has 5 heteroatoms. The van der Waals surface area contributed by atoms with Crippen LogP contribution in [0.25, 0.3) is 0 Å². The molecule has 2 fully saturated rings. The summed E-state index contributed by atoms with van der Waals surface area (Å²) >= 11 is 0. The Kier molecular flexibility index (Phi) is 3.61. The van der Waals surface area contributed by atoms with Crippen molar-refractivity contribution in [1.29, 1.82) is 0 Å². The van der Waals surface area contributed by atoms with Gasteiger partial charge in [-0.3, -0.25) is 0 Å². The summed E-state index contributed by atoms with van der Waals surface area (Å²) in [5.41, 5.74) is 5.78. The van der Waals surface area contributed by atoms with E-state index in [2.05, 4.69) is 10.1 Å². The highest BCUT2D eigenvalue weighted by molar-refractivity contribution is 5.03. The van der Waals surface area contributed by atoms with Crippen molar-refractivity contribution < 1.29 is 9.26 Å². The lowest BCUT2D eigenvalue weighted by atomic mass is 9.86. The van der Waals surface area contributed by atoms with Crippen LogP contribution in [0.15, 0.2) is 4.52 Å². The molecule has 1 aromatic heterocycles. The molecule has 5 nitrogen and oxygen atoms in total. The van der Waals surface area contributed by atoms with E-state index in [9.17, 15) is 0 Å². The largest absolute Gasteiger partial charge is 0.368 e. The van der Waals surface area contributed by atoms with Crippen LogP contribution >= 0.6 is 0 Å². The second-order valence-corrected chi connectivity index (χ2v) is 5.45. The molecule has 2 aliphatic carbocycles. The molecule has 0 aromatic carbocycles. The molecule has 1 heterocycles. The molecular weight excluding hydrogens is 230 g/mol. The highest BCUT2D eigenvalue weighted by Gasteiger charge is 2.29. The van der Waals surface area contributed by atoms with Gasteiger partial charge in [0, 0.05) is 5.92 Å². The van der Waals surface area contributed by atoms with Crippen LogP contribution in [0.5, 0.6) is 0 Å². The lowest BCUT2D eigenvalue weighted by molar-refractivity contribution is -0.0278. The maximum absolute atomic E-state index is 5.91. The number of hydrogen-bond acceptors (Lipinski definition) is 5. The van der Waals surface area contributed by atoms with Crippen molar-refractivity contribution in [2.45, 2.75) is 57.2 Å². The summed E-state index contributed by atoms with van der Waals surface area (Å²) in [6, 6.07) is 0. The van der Waals surface area contributed by atoms with Crippen molar-refractivity contribution in [3.63, 3.8) is 0 Å². The van der Waals surface area contributed by atoms with E-state index in [-0.39, 0.29) is 6.10 Å². The fourth-order valence-corrected chi connectivity index (χ4v) is 2.68. The number of rotatable bonds is 5. The van der Waals surface area contributed by atoms with Gasteiger partial charge in [0.05, 0.1) is 6.10 Å². The Hall–Kier alpha value is -0.940. The van der Waals surface area contributed by atoms with E-state index in [1.807, 2.05) is 0 Å². The Labute approximate surface area is 107 Å². The Morgan fingerprint density at radius 3 is 2.83 bits per heavy atom. The minimum absolute atomic E-state index is 0.264. The smallest absolute Gasteiger partial charge is 0.252 e. The molecule has 18 heavy (non-hydrogen) atoms. The van der Waals surface area contributed by atoms with Gasteiger partial charge in [-0.05, 0) is 38.1 Å². The van der Waals surface area contributed by atoms with Crippen LogP contribution in [0, 0.1) is 5.92 Å². The number of nitrogens with zero attached hydrogens (tertiary/aromatic N) is 2. The van der Waals surface area contributed by atoms with Crippen LogP contribution in [0.2, 0.25) is 0 Å². The molecule has 2 saturated carbocycles. The molecular formula is C13H21N3O2. The van der Waals surface area contributed by atoms with Crippen molar-refractivity contribution in [1.82, 2.24) is 10.1 Å². The van der Waals surface area contributed by atoms with E-state index >= 15 is 0 Å². The van der Waals surface area contributed by atoms with Crippen LogP contribution in [0.1, 0.15) is 56.2 Å². The second kappa shape index (κ2) is 5.36. The normalized spacial score (nSPS) is 28.5. The number of ether oxygens (including phenoxy) is 1. The first kappa shape index (κ1) is 12.1. The van der Waals surface area contributed by atoms with E-state index in [4.69, 9.17) is 15.0 Å². The molecule has 0 spiro atoms. The topological polar surface area (TPSA) is 74.2 Å². The third-order valence-corrected chi connectivity index (χ3v) is 3.99. The van der Waals surface area contributed by atoms with Gasteiger partial charge in [-0.25, -0.2) is 0 Å². The van der Waals surface area contributed by atoms with Crippen LogP contribution in [0.3, 0.4) is 0 Å². The Morgan fingerprint density at radius 1 is 1.22 bits per heavy atom. The minimum Gasteiger partial charge on any atom is -0.368 e. The predicted octanol–water partition coefficient (Wildman–Crippen LogP) is 1.98. The highest BCUT2D eigenvalue weighted by Crippen LogP contribution is 2.38. The van der Waals surface area contributed by atoms with Gasteiger partial charge in [0.2, 0.25) is 0 Å². The molecule has 2 atom stereocenters. The van der Waals surface area contributed by atoms with Gasteiger partial charge in [0.25, 0.3) is 5.89 Å². The minimum atomic E-state index is 0.264. The monoisotopic (exact) mass is 251 g/mol. The summed E-state index contributed by atoms with van der Waals surface area (Å²) in [7, 11) is 0. The number of nitrogens with two attached hydrogens (primary N) is 1. The predicted molar refractivity (Wildman–Crippen MR) is 65.9 cm³/mol. The van der Waals surface area contributed by atoms with Crippen LogP contribution in [-0.4, -0.2) is 22.8 Å². The van der Waals surface area contributed by atoms with Gasteiger partial charge in [0.15, 0.2) is 5.82 Å². The van der Waals surface area contributed by atoms with Crippen molar-refractivity contribution in [3.8, 4) is 0 Å². The molecule has 2 aliphatic rings.